The maximum Gasteiger partial charge on any atom is 0.0589 e. The van der Waals surface area contributed by atoms with Gasteiger partial charge in [-0.1, -0.05) is 12.1 Å². The molecule has 0 aliphatic carbocycles. The molecule has 0 bridgehead atoms. The maximum atomic E-state index is 5.36. The fraction of sp³-hybridized carbons (Fsp3) is 0.500. The lowest BCUT2D eigenvalue weighted by Crippen LogP contribution is -2.04. The van der Waals surface area contributed by atoms with Gasteiger partial charge in [-0.25, -0.2) is 0 Å². The molecule has 2 rings (SSSR count). The van der Waals surface area contributed by atoms with Crippen molar-refractivity contribution in [2.75, 3.05) is 20.3 Å². The van der Waals surface area contributed by atoms with Crippen molar-refractivity contribution in [3.05, 3.63) is 29.8 Å². The highest BCUT2D eigenvalue weighted by Crippen LogP contribution is 2.28. The van der Waals surface area contributed by atoms with Crippen LogP contribution in [0.15, 0.2) is 29.2 Å². The standard InChI is InChI=1S/C12H17NOS/c1-13-8-10-2-4-11(5-3-10)15-12-6-7-14-9-12/h2-5,12-13H,6-9H2,1H3. The summed E-state index contributed by atoms with van der Waals surface area (Å²) in [5.74, 6) is 0. The largest absolute Gasteiger partial charge is 0.380 e. The summed E-state index contributed by atoms with van der Waals surface area (Å²) in [5.41, 5.74) is 1.34. The smallest absolute Gasteiger partial charge is 0.0589 e. The lowest BCUT2D eigenvalue weighted by Gasteiger charge is -2.07. The van der Waals surface area contributed by atoms with Crippen molar-refractivity contribution in [3.63, 3.8) is 0 Å². The summed E-state index contributed by atoms with van der Waals surface area (Å²) < 4.78 is 5.36. The van der Waals surface area contributed by atoms with Crippen LogP contribution in [-0.2, 0) is 11.3 Å². The first-order valence-electron chi connectivity index (χ1n) is 5.36. The van der Waals surface area contributed by atoms with Crippen molar-refractivity contribution in [1.82, 2.24) is 5.32 Å². The Morgan fingerprint density at radius 3 is 2.80 bits per heavy atom. The highest BCUT2D eigenvalue weighted by molar-refractivity contribution is 8.00. The highest BCUT2D eigenvalue weighted by Gasteiger charge is 2.16. The molecule has 0 aromatic heterocycles. The van der Waals surface area contributed by atoms with E-state index in [4.69, 9.17) is 4.74 Å². The van der Waals surface area contributed by atoms with E-state index < -0.39 is 0 Å². The molecular formula is C12H17NOS. The Hall–Kier alpha value is -0.510. The molecule has 0 saturated carbocycles. The second kappa shape index (κ2) is 5.54. The molecule has 1 aliphatic rings. The maximum absolute atomic E-state index is 5.36. The molecule has 1 aliphatic heterocycles. The van der Waals surface area contributed by atoms with Crippen molar-refractivity contribution < 1.29 is 4.74 Å². The summed E-state index contributed by atoms with van der Waals surface area (Å²) in [6, 6.07) is 8.79. The molecule has 1 unspecified atom stereocenters. The SMILES string of the molecule is CNCc1ccc(SC2CCOC2)cc1. The molecule has 0 spiro atoms. The summed E-state index contributed by atoms with van der Waals surface area (Å²) in [6.45, 7) is 2.77. The van der Waals surface area contributed by atoms with Crippen LogP contribution in [-0.4, -0.2) is 25.5 Å². The predicted molar refractivity (Wildman–Crippen MR) is 64.3 cm³/mol. The minimum Gasteiger partial charge on any atom is -0.380 e. The summed E-state index contributed by atoms with van der Waals surface area (Å²) >= 11 is 1.93. The van der Waals surface area contributed by atoms with Crippen molar-refractivity contribution >= 4 is 11.8 Å². The first-order valence-corrected chi connectivity index (χ1v) is 6.24. The molecule has 1 N–H and O–H groups in total. The third-order valence-corrected chi connectivity index (χ3v) is 3.74. The molecule has 3 heteroatoms. The first-order chi connectivity index (χ1) is 7.38. The normalized spacial score (nSPS) is 20.7. The van der Waals surface area contributed by atoms with Crippen LogP contribution in [0.2, 0.25) is 0 Å². The van der Waals surface area contributed by atoms with Crippen LogP contribution in [0.1, 0.15) is 12.0 Å². The molecule has 1 saturated heterocycles. The number of hydrogen-bond donors (Lipinski definition) is 1. The molecule has 0 amide bonds. The van der Waals surface area contributed by atoms with Gasteiger partial charge >= 0.3 is 0 Å². The Bertz CT molecular complexity index is 293. The lowest BCUT2D eigenvalue weighted by atomic mass is 10.2. The van der Waals surface area contributed by atoms with Crippen molar-refractivity contribution in [3.8, 4) is 0 Å². The van der Waals surface area contributed by atoms with Crippen LogP contribution in [0.4, 0.5) is 0 Å². The fourth-order valence-corrected chi connectivity index (χ4v) is 2.74. The van der Waals surface area contributed by atoms with E-state index in [1.807, 2.05) is 18.8 Å². The van der Waals surface area contributed by atoms with E-state index in [1.54, 1.807) is 0 Å². The van der Waals surface area contributed by atoms with E-state index in [2.05, 4.69) is 29.6 Å². The molecular weight excluding hydrogens is 206 g/mol. The second-order valence-corrected chi connectivity index (χ2v) is 5.15. The quantitative estimate of drug-likeness (QED) is 0.846. The number of benzene rings is 1. The zero-order chi connectivity index (χ0) is 10.5. The van der Waals surface area contributed by atoms with Gasteiger partial charge in [-0.2, -0.15) is 0 Å². The molecule has 15 heavy (non-hydrogen) atoms. The monoisotopic (exact) mass is 223 g/mol. The zero-order valence-electron chi connectivity index (χ0n) is 9.03. The van der Waals surface area contributed by atoms with E-state index in [9.17, 15) is 0 Å². The fourth-order valence-electron chi connectivity index (χ4n) is 1.69. The number of rotatable bonds is 4. The lowest BCUT2D eigenvalue weighted by molar-refractivity contribution is 0.199. The first kappa shape index (κ1) is 11.0. The van der Waals surface area contributed by atoms with Crippen molar-refractivity contribution in [2.45, 2.75) is 23.1 Å². The van der Waals surface area contributed by atoms with E-state index >= 15 is 0 Å². The van der Waals surface area contributed by atoms with Crippen LogP contribution >= 0.6 is 11.8 Å². The Morgan fingerprint density at radius 2 is 2.20 bits per heavy atom. The summed E-state index contributed by atoms with van der Waals surface area (Å²) in [5, 5.41) is 3.80. The summed E-state index contributed by atoms with van der Waals surface area (Å²) in [7, 11) is 1.97. The second-order valence-electron chi connectivity index (χ2n) is 3.78. The van der Waals surface area contributed by atoms with Gasteiger partial charge in [-0.05, 0) is 31.2 Å². The Balaban J connectivity index is 1.91. The van der Waals surface area contributed by atoms with Crippen LogP contribution < -0.4 is 5.32 Å². The molecule has 1 fully saturated rings. The van der Waals surface area contributed by atoms with Crippen LogP contribution in [0.25, 0.3) is 0 Å². The van der Waals surface area contributed by atoms with Gasteiger partial charge in [0.05, 0.1) is 6.61 Å². The van der Waals surface area contributed by atoms with E-state index in [1.165, 1.54) is 16.9 Å². The summed E-state index contributed by atoms with van der Waals surface area (Å²) in [4.78, 5) is 1.35. The van der Waals surface area contributed by atoms with Crippen LogP contribution in [0, 0.1) is 0 Å². The van der Waals surface area contributed by atoms with Gasteiger partial charge in [0.25, 0.3) is 0 Å². The van der Waals surface area contributed by atoms with E-state index in [0.717, 1.165) is 19.8 Å². The number of ether oxygens (including phenoxy) is 1. The Labute approximate surface area is 95.4 Å². The molecule has 1 heterocycles. The minimum atomic E-state index is 0.653. The molecule has 1 aromatic carbocycles. The van der Waals surface area contributed by atoms with E-state index in [0.29, 0.717) is 5.25 Å². The van der Waals surface area contributed by atoms with E-state index in [-0.39, 0.29) is 0 Å². The van der Waals surface area contributed by atoms with Gasteiger partial charge in [0.2, 0.25) is 0 Å². The van der Waals surface area contributed by atoms with Gasteiger partial charge in [0.1, 0.15) is 0 Å². The van der Waals surface area contributed by atoms with Gasteiger partial charge in [0, 0.05) is 23.3 Å². The van der Waals surface area contributed by atoms with Gasteiger partial charge in [-0.3, -0.25) is 0 Å². The van der Waals surface area contributed by atoms with Gasteiger partial charge in [-0.15, -0.1) is 11.8 Å². The third-order valence-electron chi connectivity index (χ3n) is 2.49. The number of hydrogen-bond acceptors (Lipinski definition) is 3. The van der Waals surface area contributed by atoms with Crippen LogP contribution in [0.3, 0.4) is 0 Å². The molecule has 1 atom stereocenters. The number of nitrogens with one attached hydrogen (secondary N) is 1. The van der Waals surface area contributed by atoms with Crippen LogP contribution in [0.5, 0.6) is 0 Å². The van der Waals surface area contributed by atoms with Gasteiger partial charge in [0.15, 0.2) is 0 Å². The predicted octanol–water partition coefficient (Wildman–Crippen LogP) is 2.29. The summed E-state index contributed by atoms with van der Waals surface area (Å²) in [6.07, 6.45) is 1.18. The third kappa shape index (κ3) is 3.23. The average molecular weight is 223 g/mol. The Morgan fingerprint density at radius 1 is 1.40 bits per heavy atom. The average Bonchev–Trinajstić information content (AvgIpc) is 2.74. The number of thioether (sulfide) groups is 1. The molecule has 2 nitrogen and oxygen atoms in total. The van der Waals surface area contributed by atoms with Crippen molar-refractivity contribution in [1.29, 1.82) is 0 Å². The minimum absolute atomic E-state index is 0.653. The highest BCUT2D eigenvalue weighted by atomic mass is 32.2. The molecule has 82 valence electrons. The van der Waals surface area contributed by atoms with Crippen molar-refractivity contribution in [2.24, 2.45) is 0 Å². The zero-order valence-corrected chi connectivity index (χ0v) is 9.85. The molecule has 0 radical (unpaired) electrons. The topological polar surface area (TPSA) is 21.3 Å². The van der Waals surface area contributed by atoms with Gasteiger partial charge < -0.3 is 10.1 Å². The Kier molecular flexibility index (Phi) is 4.06. The molecule has 1 aromatic rings.